The standard InChI is InChI=1S/C19H17NO4/c1-12-4-2-3-5-13(12)8-14-9-18(21)20(19(14)22)15-6-7-16-17(10-15)24-11-23-16/h2-7,10,14H,8-9,11H2,1H3. The van der Waals surface area contributed by atoms with Crippen molar-refractivity contribution in [1.29, 1.82) is 0 Å². The molecule has 0 aromatic heterocycles. The Morgan fingerprint density at radius 1 is 1.08 bits per heavy atom. The summed E-state index contributed by atoms with van der Waals surface area (Å²) in [5.74, 6) is 0.563. The average Bonchev–Trinajstić information content (AvgIpc) is 3.14. The second-order valence-electron chi connectivity index (χ2n) is 6.14. The Balaban J connectivity index is 1.59. The minimum atomic E-state index is -0.316. The number of anilines is 1. The summed E-state index contributed by atoms with van der Waals surface area (Å²) in [6.45, 7) is 2.18. The monoisotopic (exact) mass is 323 g/mol. The molecule has 0 radical (unpaired) electrons. The van der Waals surface area contributed by atoms with E-state index in [1.54, 1.807) is 18.2 Å². The molecule has 2 aliphatic rings. The number of hydrogen-bond donors (Lipinski definition) is 0. The topological polar surface area (TPSA) is 55.8 Å². The highest BCUT2D eigenvalue weighted by Gasteiger charge is 2.40. The number of rotatable bonds is 3. The van der Waals surface area contributed by atoms with E-state index < -0.39 is 0 Å². The fourth-order valence-corrected chi connectivity index (χ4v) is 3.25. The summed E-state index contributed by atoms with van der Waals surface area (Å²) >= 11 is 0. The smallest absolute Gasteiger partial charge is 0.237 e. The van der Waals surface area contributed by atoms with Crippen LogP contribution in [0.2, 0.25) is 0 Å². The SMILES string of the molecule is Cc1ccccc1CC1CC(=O)N(c2ccc3c(c2)OCO3)C1=O. The molecule has 0 spiro atoms. The number of aryl methyl sites for hydroxylation is 1. The Labute approximate surface area is 139 Å². The van der Waals surface area contributed by atoms with E-state index in [0.717, 1.165) is 11.1 Å². The molecule has 4 rings (SSSR count). The molecule has 0 N–H and O–H groups in total. The quantitative estimate of drug-likeness (QED) is 0.815. The van der Waals surface area contributed by atoms with Gasteiger partial charge in [0.1, 0.15) is 0 Å². The molecule has 0 aliphatic carbocycles. The first-order valence-electron chi connectivity index (χ1n) is 7.94. The van der Waals surface area contributed by atoms with Gasteiger partial charge in [0, 0.05) is 12.5 Å². The van der Waals surface area contributed by atoms with Crippen LogP contribution in [-0.4, -0.2) is 18.6 Å². The van der Waals surface area contributed by atoms with Gasteiger partial charge >= 0.3 is 0 Å². The van der Waals surface area contributed by atoms with Gasteiger partial charge in [-0.25, -0.2) is 0 Å². The van der Waals surface area contributed by atoms with Gasteiger partial charge in [0.2, 0.25) is 18.6 Å². The molecule has 2 heterocycles. The molecule has 1 unspecified atom stereocenters. The maximum absolute atomic E-state index is 12.8. The van der Waals surface area contributed by atoms with Crippen LogP contribution in [0.1, 0.15) is 17.5 Å². The van der Waals surface area contributed by atoms with Gasteiger partial charge in [0.05, 0.1) is 11.6 Å². The van der Waals surface area contributed by atoms with Crippen LogP contribution in [0, 0.1) is 12.8 Å². The number of imide groups is 1. The Hall–Kier alpha value is -2.82. The highest BCUT2D eigenvalue weighted by atomic mass is 16.7. The fraction of sp³-hybridized carbons (Fsp3) is 0.263. The summed E-state index contributed by atoms with van der Waals surface area (Å²) in [6.07, 6.45) is 0.819. The van der Waals surface area contributed by atoms with Gasteiger partial charge in [-0.3, -0.25) is 14.5 Å². The predicted octanol–water partition coefficient (Wildman–Crippen LogP) is 2.85. The lowest BCUT2D eigenvalue weighted by Gasteiger charge is -2.16. The molecule has 5 heteroatoms. The molecule has 2 amide bonds. The van der Waals surface area contributed by atoms with E-state index in [0.29, 0.717) is 23.6 Å². The van der Waals surface area contributed by atoms with Crippen molar-refractivity contribution < 1.29 is 19.1 Å². The van der Waals surface area contributed by atoms with Crippen molar-refractivity contribution in [2.45, 2.75) is 19.8 Å². The van der Waals surface area contributed by atoms with Crippen LogP contribution in [0.3, 0.4) is 0 Å². The molecule has 5 nitrogen and oxygen atoms in total. The largest absolute Gasteiger partial charge is 0.454 e. The number of amides is 2. The van der Waals surface area contributed by atoms with E-state index in [-0.39, 0.29) is 30.9 Å². The molecule has 0 bridgehead atoms. The zero-order chi connectivity index (χ0) is 16.7. The number of ether oxygens (including phenoxy) is 2. The van der Waals surface area contributed by atoms with E-state index in [9.17, 15) is 9.59 Å². The van der Waals surface area contributed by atoms with Crippen LogP contribution in [0.15, 0.2) is 42.5 Å². The predicted molar refractivity (Wildman–Crippen MR) is 88.0 cm³/mol. The average molecular weight is 323 g/mol. The van der Waals surface area contributed by atoms with Crippen LogP contribution in [0.25, 0.3) is 0 Å². The summed E-state index contributed by atoms with van der Waals surface area (Å²) in [4.78, 5) is 26.4. The zero-order valence-electron chi connectivity index (χ0n) is 13.3. The lowest BCUT2D eigenvalue weighted by Crippen LogP contribution is -2.30. The summed E-state index contributed by atoms with van der Waals surface area (Å²) < 4.78 is 10.6. The first kappa shape index (κ1) is 14.8. The molecular formula is C19H17NO4. The molecule has 1 fully saturated rings. The second-order valence-corrected chi connectivity index (χ2v) is 6.14. The van der Waals surface area contributed by atoms with E-state index in [1.165, 1.54) is 4.90 Å². The summed E-state index contributed by atoms with van der Waals surface area (Å²) in [5.41, 5.74) is 2.79. The van der Waals surface area contributed by atoms with Crippen LogP contribution >= 0.6 is 0 Å². The van der Waals surface area contributed by atoms with Gasteiger partial charge in [-0.15, -0.1) is 0 Å². The second kappa shape index (κ2) is 5.67. The third kappa shape index (κ3) is 2.42. The summed E-state index contributed by atoms with van der Waals surface area (Å²) in [5, 5.41) is 0. The van der Waals surface area contributed by atoms with Crippen LogP contribution in [-0.2, 0) is 16.0 Å². The van der Waals surface area contributed by atoms with Crippen molar-refractivity contribution in [2.24, 2.45) is 5.92 Å². The summed E-state index contributed by atoms with van der Waals surface area (Å²) in [7, 11) is 0. The molecule has 122 valence electrons. The van der Waals surface area contributed by atoms with Gasteiger partial charge in [-0.2, -0.15) is 0 Å². The van der Waals surface area contributed by atoms with E-state index >= 15 is 0 Å². The Morgan fingerprint density at radius 3 is 2.71 bits per heavy atom. The fourth-order valence-electron chi connectivity index (χ4n) is 3.25. The first-order chi connectivity index (χ1) is 11.6. The van der Waals surface area contributed by atoms with E-state index in [4.69, 9.17) is 9.47 Å². The number of benzene rings is 2. The lowest BCUT2D eigenvalue weighted by molar-refractivity contribution is -0.122. The van der Waals surface area contributed by atoms with Crippen molar-refractivity contribution in [1.82, 2.24) is 0 Å². The molecule has 2 aromatic rings. The van der Waals surface area contributed by atoms with Crippen molar-refractivity contribution in [3.63, 3.8) is 0 Å². The normalized spacial score (nSPS) is 19.2. The van der Waals surface area contributed by atoms with E-state index in [1.807, 2.05) is 31.2 Å². The van der Waals surface area contributed by atoms with Gasteiger partial charge in [-0.1, -0.05) is 24.3 Å². The molecule has 2 aliphatic heterocycles. The number of carbonyl (C=O) groups excluding carboxylic acids is 2. The Morgan fingerprint density at radius 2 is 1.88 bits per heavy atom. The molecule has 2 aromatic carbocycles. The highest BCUT2D eigenvalue weighted by Crippen LogP contribution is 2.38. The number of fused-ring (bicyclic) bond motifs is 1. The van der Waals surface area contributed by atoms with Crippen LogP contribution < -0.4 is 14.4 Å². The van der Waals surface area contributed by atoms with Crippen molar-refractivity contribution >= 4 is 17.5 Å². The Kier molecular flexibility index (Phi) is 3.49. The third-order valence-corrected chi connectivity index (χ3v) is 4.58. The maximum atomic E-state index is 12.8. The molecule has 1 saturated heterocycles. The minimum absolute atomic E-state index is 0.151. The molecule has 24 heavy (non-hydrogen) atoms. The Bertz CT molecular complexity index is 830. The number of hydrogen-bond acceptors (Lipinski definition) is 4. The number of carbonyl (C=O) groups is 2. The minimum Gasteiger partial charge on any atom is -0.454 e. The third-order valence-electron chi connectivity index (χ3n) is 4.58. The van der Waals surface area contributed by atoms with Crippen molar-refractivity contribution in [3.05, 3.63) is 53.6 Å². The number of nitrogens with zero attached hydrogens (tertiary/aromatic N) is 1. The van der Waals surface area contributed by atoms with Gasteiger partial charge in [0.25, 0.3) is 0 Å². The lowest BCUT2D eigenvalue weighted by atomic mass is 9.95. The highest BCUT2D eigenvalue weighted by molar-refractivity contribution is 6.21. The van der Waals surface area contributed by atoms with E-state index in [2.05, 4.69) is 0 Å². The van der Waals surface area contributed by atoms with Crippen molar-refractivity contribution in [2.75, 3.05) is 11.7 Å². The van der Waals surface area contributed by atoms with Crippen LogP contribution in [0.4, 0.5) is 5.69 Å². The van der Waals surface area contributed by atoms with Gasteiger partial charge < -0.3 is 9.47 Å². The van der Waals surface area contributed by atoms with Gasteiger partial charge in [0.15, 0.2) is 11.5 Å². The maximum Gasteiger partial charge on any atom is 0.237 e. The zero-order valence-corrected chi connectivity index (χ0v) is 13.3. The first-order valence-corrected chi connectivity index (χ1v) is 7.94. The summed E-state index contributed by atoms with van der Waals surface area (Å²) in [6, 6.07) is 13.1. The molecule has 1 atom stereocenters. The van der Waals surface area contributed by atoms with Crippen molar-refractivity contribution in [3.8, 4) is 11.5 Å². The molecule has 0 saturated carbocycles. The molecular weight excluding hydrogens is 306 g/mol. The van der Waals surface area contributed by atoms with Gasteiger partial charge in [-0.05, 0) is 36.6 Å². The van der Waals surface area contributed by atoms with Crippen LogP contribution in [0.5, 0.6) is 11.5 Å².